The maximum Gasteiger partial charge on any atom is 0.126 e. The second-order valence-electron chi connectivity index (χ2n) is 4.53. The second-order valence-corrected chi connectivity index (χ2v) is 5.89. The number of hydrogen-bond donors (Lipinski definition) is 2. The minimum atomic E-state index is -0.414. The summed E-state index contributed by atoms with van der Waals surface area (Å²) in [6, 6.07) is 9.92. The Balaban J connectivity index is 2.15. The number of fused-ring (bicyclic) bond motifs is 1. The zero-order chi connectivity index (χ0) is 15.0. The van der Waals surface area contributed by atoms with Gasteiger partial charge < -0.3 is 11.1 Å². The molecule has 0 spiro atoms. The van der Waals surface area contributed by atoms with E-state index >= 15 is 0 Å². The molecule has 0 aliphatic rings. The van der Waals surface area contributed by atoms with Gasteiger partial charge in [-0.25, -0.2) is 4.39 Å². The standard InChI is InChI=1S/C15H10BrClFN3/c16-8-1-2-14-12(3-8)15(13(19)7-20-14)21-11-5-9(17)4-10(18)6-11/h1-7H,19H2,(H,20,21). The number of aromatic nitrogens is 1. The lowest BCUT2D eigenvalue weighted by molar-refractivity contribution is 0.628. The topological polar surface area (TPSA) is 50.9 Å². The SMILES string of the molecule is Nc1cnc2ccc(Br)cc2c1Nc1cc(F)cc(Cl)c1. The third-order valence-corrected chi connectivity index (χ3v) is 3.70. The number of nitrogen functional groups attached to an aromatic ring is 1. The first-order chi connectivity index (χ1) is 10.0. The van der Waals surface area contributed by atoms with Crippen LogP contribution >= 0.6 is 27.5 Å². The molecular formula is C15H10BrClFN3. The van der Waals surface area contributed by atoms with E-state index in [4.69, 9.17) is 17.3 Å². The molecule has 3 N–H and O–H groups in total. The highest BCUT2D eigenvalue weighted by Crippen LogP contribution is 2.33. The van der Waals surface area contributed by atoms with E-state index in [0.29, 0.717) is 22.1 Å². The van der Waals surface area contributed by atoms with Gasteiger partial charge in [0.15, 0.2) is 0 Å². The number of nitrogens with two attached hydrogens (primary N) is 1. The molecule has 0 atom stereocenters. The zero-order valence-corrected chi connectivity index (χ0v) is 13.0. The molecule has 0 fully saturated rings. The number of hydrogen-bond acceptors (Lipinski definition) is 3. The Bertz CT molecular complexity index is 813. The predicted molar refractivity (Wildman–Crippen MR) is 88.5 cm³/mol. The molecule has 6 heteroatoms. The molecule has 21 heavy (non-hydrogen) atoms. The van der Waals surface area contributed by atoms with Gasteiger partial charge in [0.25, 0.3) is 0 Å². The molecule has 3 rings (SSSR count). The number of pyridine rings is 1. The average molecular weight is 367 g/mol. The Morgan fingerprint density at radius 2 is 2.00 bits per heavy atom. The zero-order valence-electron chi connectivity index (χ0n) is 10.7. The first-order valence-electron chi connectivity index (χ1n) is 6.10. The maximum absolute atomic E-state index is 13.4. The van der Waals surface area contributed by atoms with Gasteiger partial charge in [-0.05, 0) is 36.4 Å². The van der Waals surface area contributed by atoms with Crippen LogP contribution in [0.2, 0.25) is 5.02 Å². The van der Waals surface area contributed by atoms with Crippen molar-refractivity contribution >= 4 is 55.5 Å². The summed E-state index contributed by atoms with van der Waals surface area (Å²) in [6.07, 6.45) is 1.57. The van der Waals surface area contributed by atoms with E-state index in [9.17, 15) is 4.39 Å². The molecule has 3 nitrogen and oxygen atoms in total. The highest BCUT2D eigenvalue weighted by molar-refractivity contribution is 9.10. The first kappa shape index (κ1) is 14.1. The van der Waals surface area contributed by atoms with Crippen molar-refractivity contribution in [3.63, 3.8) is 0 Å². The van der Waals surface area contributed by atoms with Gasteiger partial charge >= 0.3 is 0 Å². The van der Waals surface area contributed by atoms with Gasteiger partial charge in [-0.3, -0.25) is 4.98 Å². The van der Waals surface area contributed by atoms with E-state index < -0.39 is 5.82 Å². The summed E-state index contributed by atoms with van der Waals surface area (Å²) in [4.78, 5) is 4.27. The van der Waals surface area contributed by atoms with E-state index in [1.807, 2.05) is 18.2 Å². The smallest absolute Gasteiger partial charge is 0.126 e. The summed E-state index contributed by atoms with van der Waals surface area (Å²) in [5.41, 5.74) is 8.45. The fourth-order valence-corrected chi connectivity index (χ4v) is 2.67. The van der Waals surface area contributed by atoms with E-state index in [1.54, 1.807) is 12.3 Å². The molecule has 0 aliphatic heterocycles. The maximum atomic E-state index is 13.4. The summed E-state index contributed by atoms with van der Waals surface area (Å²) in [7, 11) is 0. The third-order valence-electron chi connectivity index (χ3n) is 2.99. The van der Waals surface area contributed by atoms with Gasteiger partial charge in [0.2, 0.25) is 0 Å². The van der Waals surface area contributed by atoms with Crippen molar-refractivity contribution in [2.24, 2.45) is 0 Å². The largest absolute Gasteiger partial charge is 0.396 e. The third kappa shape index (κ3) is 2.94. The number of nitrogens with one attached hydrogen (secondary N) is 1. The lowest BCUT2D eigenvalue weighted by Crippen LogP contribution is -1.99. The van der Waals surface area contributed by atoms with Gasteiger partial charge in [0.05, 0.1) is 23.1 Å². The molecule has 1 heterocycles. The van der Waals surface area contributed by atoms with Gasteiger partial charge in [0.1, 0.15) is 5.82 Å². The summed E-state index contributed by atoms with van der Waals surface area (Å²) in [5.74, 6) is -0.414. The Kier molecular flexibility index (Phi) is 3.69. The van der Waals surface area contributed by atoms with Crippen molar-refractivity contribution in [1.82, 2.24) is 4.98 Å². The summed E-state index contributed by atoms with van der Waals surface area (Å²) in [5, 5.41) is 4.27. The van der Waals surface area contributed by atoms with Crippen LogP contribution in [0.5, 0.6) is 0 Å². The van der Waals surface area contributed by atoms with E-state index in [0.717, 1.165) is 15.4 Å². The molecule has 1 aromatic heterocycles. The summed E-state index contributed by atoms with van der Waals surface area (Å²) < 4.78 is 14.3. The fraction of sp³-hybridized carbons (Fsp3) is 0. The molecule has 0 amide bonds. The van der Waals surface area contributed by atoms with Crippen LogP contribution in [-0.4, -0.2) is 4.98 Å². The van der Waals surface area contributed by atoms with Crippen molar-refractivity contribution in [2.45, 2.75) is 0 Å². The van der Waals surface area contributed by atoms with Crippen LogP contribution in [0.1, 0.15) is 0 Å². The van der Waals surface area contributed by atoms with Gasteiger partial charge in [-0.2, -0.15) is 0 Å². The van der Waals surface area contributed by atoms with E-state index in [-0.39, 0.29) is 0 Å². The Labute approximate surface area is 134 Å². The lowest BCUT2D eigenvalue weighted by Gasteiger charge is -2.13. The van der Waals surface area contributed by atoms with Gasteiger partial charge in [0, 0.05) is 20.6 Å². The van der Waals surface area contributed by atoms with Gasteiger partial charge in [-0.15, -0.1) is 0 Å². The Hall–Kier alpha value is -1.85. The Morgan fingerprint density at radius 1 is 1.19 bits per heavy atom. The molecule has 106 valence electrons. The molecule has 0 radical (unpaired) electrons. The summed E-state index contributed by atoms with van der Waals surface area (Å²) >= 11 is 9.29. The average Bonchev–Trinajstić information content (AvgIpc) is 2.41. The predicted octanol–water partition coefficient (Wildman–Crippen LogP) is 5.12. The highest BCUT2D eigenvalue weighted by Gasteiger charge is 2.09. The number of nitrogens with zero attached hydrogens (tertiary/aromatic N) is 1. The summed E-state index contributed by atoms with van der Waals surface area (Å²) in [6.45, 7) is 0. The first-order valence-corrected chi connectivity index (χ1v) is 7.27. The number of rotatable bonds is 2. The highest BCUT2D eigenvalue weighted by atomic mass is 79.9. The van der Waals surface area contributed by atoms with Crippen LogP contribution in [0.15, 0.2) is 47.1 Å². The second kappa shape index (κ2) is 5.50. The van der Waals surface area contributed by atoms with Crippen molar-refractivity contribution in [3.8, 4) is 0 Å². The molecule has 0 aliphatic carbocycles. The van der Waals surface area contributed by atoms with Crippen LogP contribution in [0, 0.1) is 5.82 Å². The van der Waals surface area contributed by atoms with Gasteiger partial charge in [-0.1, -0.05) is 27.5 Å². The van der Waals surface area contributed by atoms with Crippen molar-refractivity contribution in [2.75, 3.05) is 11.1 Å². The number of halogens is 3. The minimum Gasteiger partial charge on any atom is -0.396 e. The molecule has 2 aromatic carbocycles. The van der Waals surface area contributed by atoms with Crippen molar-refractivity contribution < 1.29 is 4.39 Å². The van der Waals surface area contributed by atoms with Crippen LogP contribution in [-0.2, 0) is 0 Å². The number of benzene rings is 2. The Morgan fingerprint density at radius 3 is 2.76 bits per heavy atom. The van der Waals surface area contributed by atoms with Crippen molar-refractivity contribution in [1.29, 1.82) is 0 Å². The molecule has 0 saturated heterocycles. The lowest BCUT2D eigenvalue weighted by atomic mass is 10.1. The van der Waals surface area contributed by atoms with Crippen LogP contribution in [0.4, 0.5) is 21.5 Å². The van der Waals surface area contributed by atoms with Crippen LogP contribution in [0.3, 0.4) is 0 Å². The molecule has 0 unspecified atom stereocenters. The quantitative estimate of drug-likeness (QED) is 0.662. The molecule has 3 aromatic rings. The van der Waals surface area contributed by atoms with E-state index in [2.05, 4.69) is 26.2 Å². The molecular weight excluding hydrogens is 357 g/mol. The molecule has 0 bridgehead atoms. The molecule has 0 saturated carbocycles. The van der Waals surface area contributed by atoms with Crippen LogP contribution in [0.25, 0.3) is 10.9 Å². The normalized spacial score (nSPS) is 10.8. The van der Waals surface area contributed by atoms with Crippen LogP contribution < -0.4 is 11.1 Å². The van der Waals surface area contributed by atoms with E-state index in [1.165, 1.54) is 12.1 Å². The number of anilines is 3. The van der Waals surface area contributed by atoms with Crippen molar-refractivity contribution in [3.05, 3.63) is 57.9 Å². The monoisotopic (exact) mass is 365 g/mol. The fourth-order valence-electron chi connectivity index (χ4n) is 2.09. The minimum absolute atomic E-state index is 0.315.